The van der Waals surface area contributed by atoms with Crippen molar-refractivity contribution in [3.05, 3.63) is 0 Å². The smallest absolute Gasteiger partial charge is 0.408 e. The van der Waals surface area contributed by atoms with Crippen LogP contribution in [0.5, 0.6) is 0 Å². The number of nitrogens with zero attached hydrogens (tertiary/aromatic N) is 1. The average molecular weight is 391 g/mol. The zero-order chi connectivity index (χ0) is 21.0. The highest BCUT2D eigenvalue weighted by Gasteiger charge is 2.25. The number of carbonyl (C=O) groups is 2. The Morgan fingerprint density at radius 2 is 1.63 bits per heavy atom. The first-order valence-electron chi connectivity index (χ1n) is 9.69. The summed E-state index contributed by atoms with van der Waals surface area (Å²) >= 11 is 0. The summed E-state index contributed by atoms with van der Waals surface area (Å²) in [6.45, 7) is 12.3. The molecular weight excluding hydrogens is 352 g/mol. The van der Waals surface area contributed by atoms with Crippen molar-refractivity contribution in [3.8, 4) is 0 Å². The molecule has 0 bridgehead atoms. The van der Waals surface area contributed by atoms with Crippen LogP contribution >= 0.6 is 0 Å². The maximum atomic E-state index is 12.1. The number of esters is 1. The lowest BCUT2D eigenvalue weighted by Gasteiger charge is -2.25. The van der Waals surface area contributed by atoms with Gasteiger partial charge in [-0.1, -0.05) is 0 Å². The Morgan fingerprint density at radius 3 is 2.07 bits per heavy atom. The number of unbranched alkanes of at least 4 members (excludes halogenated alkanes) is 1. The topological polar surface area (TPSA) is 108 Å². The van der Waals surface area contributed by atoms with Crippen molar-refractivity contribution in [1.29, 1.82) is 0 Å². The normalized spacial score (nSPS) is 15.1. The highest BCUT2D eigenvalue weighted by Crippen LogP contribution is 2.10. The number of aliphatic hydroxyl groups is 2. The van der Waals surface area contributed by atoms with Crippen molar-refractivity contribution in [3.63, 3.8) is 0 Å². The third-order valence-corrected chi connectivity index (χ3v) is 3.52. The van der Waals surface area contributed by atoms with Crippen molar-refractivity contribution in [2.24, 2.45) is 0 Å². The second-order valence-electron chi connectivity index (χ2n) is 7.90. The quantitative estimate of drug-likeness (QED) is 0.344. The van der Waals surface area contributed by atoms with Crippen molar-refractivity contribution >= 4 is 12.1 Å². The van der Waals surface area contributed by atoms with E-state index in [0.29, 0.717) is 32.5 Å². The van der Waals surface area contributed by atoms with E-state index in [1.54, 1.807) is 41.5 Å². The molecule has 160 valence electrons. The lowest BCUT2D eigenvalue weighted by molar-refractivity contribution is -0.145. The number of aliphatic hydroxyl groups excluding tert-OH is 2. The number of alkyl carbamates (subject to hydrolysis) is 1. The van der Waals surface area contributed by atoms with Gasteiger partial charge in [0, 0.05) is 13.1 Å². The van der Waals surface area contributed by atoms with Crippen molar-refractivity contribution < 1.29 is 29.3 Å². The molecule has 0 aliphatic heterocycles. The molecule has 0 rings (SSSR count). The molecule has 0 radical (unpaired) electrons. The molecule has 27 heavy (non-hydrogen) atoms. The van der Waals surface area contributed by atoms with E-state index in [1.807, 2.05) is 4.90 Å². The molecule has 0 aromatic rings. The summed E-state index contributed by atoms with van der Waals surface area (Å²) in [4.78, 5) is 26.0. The molecule has 0 saturated heterocycles. The maximum absolute atomic E-state index is 12.1. The van der Waals surface area contributed by atoms with Crippen LogP contribution in [0.2, 0.25) is 0 Å². The van der Waals surface area contributed by atoms with Crippen LogP contribution < -0.4 is 5.32 Å². The van der Waals surface area contributed by atoms with Gasteiger partial charge in [-0.15, -0.1) is 0 Å². The Balaban J connectivity index is 4.57. The van der Waals surface area contributed by atoms with Crippen LogP contribution in [0, 0.1) is 0 Å². The minimum Gasteiger partial charge on any atom is -0.464 e. The predicted octanol–water partition coefficient (Wildman–Crippen LogP) is 1.68. The second kappa shape index (κ2) is 12.9. The van der Waals surface area contributed by atoms with Crippen LogP contribution in [0.1, 0.15) is 60.8 Å². The van der Waals surface area contributed by atoms with E-state index in [-0.39, 0.29) is 6.61 Å². The van der Waals surface area contributed by atoms with Gasteiger partial charge < -0.3 is 25.0 Å². The second-order valence-corrected chi connectivity index (χ2v) is 7.90. The van der Waals surface area contributed by atoms with E-state index in [0.717, 1.165) is 6.42 Å². The first-order chi connectivity index (χ1) is 12.4. The molecule has 8 heteroatoms. The molecule has 0 spiro atoms. The van der Waals surface area contributed by atoms with Crippen LogP contribution in [-0.2, 0) is 14.3 Å². The Morgan fingerprint density at radius 1 is 1.07 bits per heavy atom. The number of nitrogens with one attached hydrogen (secondary N) is 1. The molecule has 3 N–H and O–H groups in total. The molecule has 0 aliphatic rings. The molecule has 3 atom stereocenters. The summed E-state index contributed by atoms with van der Waals surface area (Å²) < 4.78 is 10.2. The molecule has 0 aromatic carbocycles. The molecule has 0 aromatic heterocycles. The molecule has 0 heterocycles. The Labute approximate surface area is 163 Å². The van der Waals surface area contributed by atoms with Crippen LogP contribution in [0.3, 0.4) is 0 Å². The van der Waals surface area contributed by atoms with Gasteiger partial charge in [-0.2, -0.15) is 0 Å². The molecule has 3 unspecified atom stereocenters. The fourth-order valence-corrected chi connectivity index (χ4v) is 2.63. The van der Waals surface area contributed by atoms with E-state index < -0.39 is 35.9 Å². The fourth-order valence-electron chi connectivity index (χ4n) is 2.63. The summed E-state index contributed by atoms with van der Waals surface area (Å²) in [5, 5.41) is 21.7. The Hall–Kier alpha value is -1.38. The van der Waals surface area contributed by atoms with E-state index in [2.05, 4.69) is 5.32 Å². The minimum absolute atomic E-state index is 0.238. The zero-order valence-corrected chi connectivity index (χ0v) is 17.7. The molecule has 0 saturated carbocycles. The largest absolute Gasteiger partial charge is 0.464 e. The van der Waals surface area contributed by atoms with Gasteiger partial charge in [0.05, 0.1) is 18.8 Å². The average Bonchev–Trinajstić information content (AvgIpc) is 2.47. The minimum atomic E-state index is -0.762. The monoisotopic (exact) mass is 390 g/mol. The Bertz CT molecular complexity index is 424. The standard InChI is InChI=1S/C19H38N2O6/c1-7-26-17(24)16(20-18(25)27-19(4,5)6)10-8-9-11-21(12-14(2)22)13-15(3)23/h14-16,22-23H,7-13H2,1-6H3,(H,20,25). The number of hydrogen-bond donors (Lipinski definition) is 3. The fraction of sp³-hybridized carbons (Fsp3) is 0.895. The molecule has 0 aliphatic carbocycles. The number of amides is 1. The number of ether oxygens (including phenoxy) is 2. The molecule has 1 amide bonds. The van der Waals surface area contributed by atoms with Gasteiger partial charge in [0.1, 0.15) is 11.6 Å². The Kier molecular flexibility index (Phi) is 12.2. The number of rotatable bonds is 12. The first-order valence-corrected chi connectivity index (χ1v) is 9.69. The SMILES string of the molecule is CCOC(=O)C(CCCCN(CC(C)O)CC(C)O)NC(=O)OC(C)(C)C. The summed E-state index contributed by atoms with van der Waals surface area (Å²) in [5.41, 5.74) is -0.647. The van der Waals surface area contributed by atoms with Gasteiger partial charge in [-0.05, 0) is 67.3 Å². The van der Waals surface area contributed by atoms with Gasteiger partial charge in [-0.3, -0.25) is 4.90 Å². The molecule has 0 fully saturated rings. The van der Waals surface area contributed by atoms with Gasteiger partial charge >= 0.3 is 12.1 Å². The zero-order valence-electron chi connectivity index (χ0n) is 17.7. The number of hydrogen-bond acceptors (Lipinski definition) is 7. The van der Waals surface area contributed by atoms with Crippen LogP contribution in [0.15, 0.2) is 0 Å². The maximum Gasteiger partial charge on any atom is 0.408 e. The summed E-state index contributed by atoms with van der Waals surface area (Å²) in [5.74, 6) is -0.479. The van der Waals surface area contributed by atoms with Crippen LogP contribution in [-0.4, -0.2) is 77.3 Å². The van der Waals surface area contributed by atoms with Crippen molar-refractivity contribution in [2.45, 2.75) is 84.7 Å². The van der Waals surface area contributed by atoms with Crippen LogP contribution in [0.4, 0.5) is 4.79 Å². The van der Waals surface area contributed by atoms with Gasteiger partial charge in [0.2, 0.25) is 0 Å². The predicted molar refractivity (Wildman–Crippen MR) is 103 cm³/mol. The lowest BCUT2D eigenvalue weighted by Crippen LogP contribution is -2.44. The summed E-state index contributed by atoms with van der Waals surface area (Å²) in [6.07, 6.45) is 0.246. The van der Waals surface area contributed by atoms with E-state index >= 15 is 0 Å². The highest BCUT2D eigenvalue weighted by molar-refractivity contribution is 5.81. The van der Waals surface area contributed by atoms with Gasteiger partial charge in [-0.25, -0.2) is 9.59 Å². The van der Waals surface area contributed by atoms with E-state index in [1.165, 1.54) is 0 Å². The van der Waals surface area contributed by atoms with Crippen molar-refractivity contribution in [2.75, 3.05) is 26.2 Å². The third kappa shape index (κ3) is 14.4. The van der Waals surface area contributed by atoms with E-state index in [9.17, 15) is 19.8 Å². The summed E-state index contributed by atoms with van der Waals surface area (Å²) in [6, 6.07) is -0.762. The number of carbonyl (C=O) groups excluding carboxylic acids is 2. The highest BCUT2D eigenvalue weighted by atomic mass is 16.6. The van der Waals surface area contributed by atoms with Crippen molar-refractivity contribution in [1.82, 2.24) is 10.2 Å². The van der Waals surface area contributed by atoms with Crippen LogP contribution in [0.25, 0.3) is 0 Å². The summed E-state index contributed by atoms with van der Waals surface area (Å²) in [7, 11) is 0. The third-order valence-electron chi connectivity index (χ3n) is 3.52. The van der Waals surface area contributed by atoms with Gasteiger partial charge in [0.25, 0.3) is 0 Å². The van der Waals surface area contributed by atoms with Gasteiger partial charge in [0.15, 0.2) is 0 Å². The molecule has 8 nitrogen and oxygen atoms in total. The lowest BCUT2D eigenvalue weighted by atomic mass is 10.1. The molecular formula is C19H38N2O6. The van der Waals surface area contributed by atoms with E-state index in [4.69, 9.17) is 9.47 Å². The first kappa shape index (κ1) is 25.6.